The van der Waals surface area contributed by atoms with E-state index in [2.05, 4.69) is 22.2 Å². The van der Waals surface area contributed by atoms with Crippen molar-refractivity contribution in [1.82, 2.24) is 19.1 Å². The van der Waals surface area contributed by atoms with E-state index in [1.807, 2.05) is 0 Å². The Morgan fingerprint density at radius 1 is 1.28 bits per heavy atom. The van der Waals surface area contributed by atoms with Crippen molar-refractivity contribution < 1.29 is 0 Å². The number of fused-ring (bicyclic) bond motifs is 1. The van der Waals surface area contributed by atoms with Crippen LogP contribution in [0.25, 0.3) is 11.2 Å². The molecule has 1 saturated carbocycles. The molecule has 0 amide bonds. The first-order valence-corrected chi connectivity index (χ1v) is 5.85. The highest BCUT2D eigenvalue weighted by molar-refractivity contribution is 5.72. The van der Waals surface area contributed by atoms with Crippen LogP contribution in [-0.2, 0) is 14.1 Å². The number of imidazole rings is 1. The van der Waals surface area contributed by atoms with E-state index < -0.39 is 0 Å². The van der Waals surface area contributed by atoms with Crippen molar-refractivity contribution in [3.63, 3.8) is 0 Å². The molecule has 2 aromatic rings. The van der Waals surface area contributed by atoms with Gasteiger partial charge in [0.2, 0.25) is 5.95 Å². The number of rotatable bonds is 2. The van der Waals surface area contributed by atoms with Crippen molar-refractivity contribution in [3.8, 4) is 0 Å². The Morgan fingerprint density at radius 3 is 2.56 bits per heavy atom. The number of H-pyrrole nitrogens is 1. The van der Waals surface area contributed by atoms with E-state index in [9.17, 15) is 9.59 Å². The quantitative estimate of drug-likeness (QED) is 0.780. The first kappa shape index (κ1) is 11.1. The van der Waals surface area contributed by atoms with Crippen molar-refractivity contribution in [1.29, 1.82) is 0 Å². The molecule has 0 spiro atoms. The van der Waals surface area contributed by atoms with Crippen LogP contribution in [0.4, 0.5) is 5.95 Å². The zero-order chi connectivity index (χ0) is 13.1. The molecule has 0 aliphatic heterocycles. The molecule has 1 aliphatic rings. The van der Waals surface area contributed by atoms with Crippen LogP contribution in [0.15, 0.2) is 9.59 Å². The van der Waals surface area contributed by atoms with Crippen LogP contribution in [0.3, 0.4) is 0 Å². The largest absolute Gasteiger partial charge is 0.351 e. The van der Waals surface area contributed by atoms with Crippen molar-refractivity contribution in [2.45, 2.75) is 25.3 Å². The van der Waals surface area contributed by atoms with Crippen LogP contribution in [0.2, 0.25) is 0 Å². The average molecular weight is 249 g/mol. The summed E-state index contributed by atoms with van der Waals surface area (Å²) in [5.74, 6) is 0.545. The van der Waals surface area contributed by atoms with Crippen molar-refractivity contribution in [2.24, 2.45) is 14.1 Å². The molecule has 7 heteroatoms. The average Bonchev–Trinajstić information content (AvgIpc) is 2.89. The SMILES string of the molecule is Cn1c(=O)c2[nH]c(NC3(C)CC3)nc2n(C)c1=O. The summed E-state index contributed by atoms with van der Waals surface area (Å²) in [6.07, 6.45) is 2.17. The first-order chi connectivity index (χ1) is 8.41. The maximum absolute atomic E-state index is 11.9. The summed E-state index contributed by atoms with van der Waals surface area (Å²) in [6, 6.07) is 0. The van der Waals surface area contributed by atoms with Crippen LogP contribution in [0.1, 0.15) is 19.8 Å². The predicted molar refractivity (Wildman–Crippen MR) is 67.8 cm³/mol. The molecule has 0 unspecified atom stereocenters. The molecule has 0 saturated heterocycles. The summed E-state index contributed by atoms with van der Waals surface area (Å²) < 4.78 is 2.44. The zero-order valence-corrected chi connectivity index (χ0v) is 10.6. The van der Waals surface area contributed by atoms with Gasteiger partial charge in [-0.15, -0.1) is 0 Å². The highest BCUT2D eigenvalue weighted by Crippen LogP contribution is 2.37. The van der Waals surface area contributed by atoms with E-state index in [0.717, 1.165) is 17.4 Å². The monoisotopic (exact) mass is 249 g/mol. The fourth-order valence-corrected chi connectivity index (χ4v) is 1.98. The number of hydrogen-bond donors (Lipinski definition) is 2. The Labute approximate surface area is 102 Å². The Hall–Kier alpha value is -2.05. The number of aromatic nitrogens is 4. The molecule has 0 atom stereocenters. The fourth-order valence-electron chi connectivity index (χ4n) is 1.98. The standard InChI is InChI=1S/C11H15N5O2/c1-11(4-5-11)14-9-12-6-7(13-9)15(2)10(18)16(3)8(6)17/h4-5H2,1-3H3,(H2,12,13,14). The summed E-state index contributed by atoms with van der Waals surface area (Å²) in [7, 11) is 3.06. The van der Waals surface area contributed by atoms with Crippen LogP contribution in [0.5, 0.6) is 0 Å². The van der Waals surface area contributed by atoms with E-state index in [1.54, 1.807) is 7.05 Å². The summed E-state index contributed by atoms with van der Waals surface area (Å²) in [4.78, 5) is 30.9. The van der Waals surface area contributed by atoms with Gasteiger partial charge >= 0.3 is 5.69 Å². The van der Waals surface area contributed by atoms with Gasteiger partial charge in [-0.05, 0) is 19.8 Å². The molecule has 7 nitrogen and oxygen atoms in total. The second-order valence-electron chi connectivity index (χ2n) is 5.18. The molecule has 0 bridgehead atoms. The van der Waals surface area contributed by atoms with E-state index in [0.29, 0.717) is 17.1 Å². The van der Waals surface area contributed by atoms with Crippen LogP contribution in [-0.4, -0.2) is 24.6 Å². The van der Waals surface area contributed by atoms with Gasteiger partial charge in [-0.2, -0.15) is 4.98 Å². The minimum absolute atomic E-state index is 0.0674. The van der Waals surface area contributed by atoms with Gasteiger partial charge in [0.1, 0.15) is 0 Å². The second-order valence-corrected chi connectivity index (χ2v) is 5.18. The number of aromatic amines is 1. The Bertz CT molecular complexity index is 747. The van der Waals surface area contributed by atoms with Gasteiger partial charge in [0.25, 0.3) is 5.56 Å². The minimum atomic E-state index is -0.372. The lowest BCUT2D eigenvalue weighted by atomic mass is 10.3. The highest BCUT2D eigenvalue weighted by atomic mass is 16.2. The molecule has 3 rings (SSSR count). The van der Waals surface area contributed by atoms with E-state index in [4.69, 9.17) is 0 Å². The van der Waals surface area contributed by atoms with E-state index in [-0.39, 0.29) is 16.8 Å². The molecule has 18 heavy (non-hydrogen) atoms. The predicted octanol–water partition coefficient (Wildman–Crippen LogP) is -0.0753. The lowest BCUT2D eigenvalue weighted by Crippen LogP contribution is -2.36. The van der Waals surface area contributed by atoms with Crippen molar-refractivity contribution in [3.05, 3.63) is 20.8 Å². The maximum Gasteiger partial charge on any atom is 0.332 e. The summed E-state index contributed by atoms with van der Waals surface area (Å²) >= 11 is 0. The molecule has 2 aromatic heterocycles. The number of hydrogen-bond acceptors (Lipinski definition) is 4. The van der Waals surface area contributed by atoms with Crippen molar-refractivity contribution in [2.75, 3.05) is 5.32 Å². The maximum atomic E-state index is 11.9. The van der Waals surface area contributed by atoms with Gasteiger partial charge in [-0.3, -0.25) is 13.9 Å². The minimum Gasteiger partial charge on any atom is -0.351 e. The molecule has 0 aromatic carbocycles. The summed E-state index contributed by atoms with van der Waals surface area (Å²) in [5.41, 5.74) is 0.0804. The molecule has 2 N–H and O–H groups in total. The van der Waals surface area contributed by atoms with E-state index in [1.165, 1.54) is 11.6 Å². The zero-order valence-electron chi connectivity index (χ0n) is 10.6. The third-order valence-electron chi connectivity index (χ3n) is 3.51. The lowest BCUT2D eigenvalue weighted by Gasteiger charge is -2.08. The smallest absolute Gasteiger partial charge is 0.332 e. The molecule has 0 radical (unpaired) electrons. The van der Waals surface area contributed by atoms with Gasteiger partial charge in [-0.1, -0.05) is 0 Å². The summed E-state index contributed by atoms with van der Waals surface area (Å²) in [5, 5.41) is 3.24. The molecular weight excluding hydrogens is 234 g/mol. The van der Waals surface area contributed by atoms with Gasteiger partial charge < -0.3 is 10.3 Å². The molecule has 1 aliphatic carbocycles. The topological polar surface area (TPSA) is 84.7 Å². The molecule has 1 fully saturated rings. The second kappa shape index (κ2) is 3.24. The lowest BCUT2D eigenvalue weighted by molar-refractivity contribution is 0.708. The third-order valence-corrected chi connectivity index (χ3v) is 3.51. The Morgan fingerprint density at radius 2 is 1.94 bits per heavy atom. The van der Waals surface area contributed by atoms with Gasteiger partial charge in [-0.25, -0.2) is 4.79 Å². The number of aryl methyl sites for hydroxylation is 1. The Kier molecular flexibility index (Phi) is 1.99. The van der Waals surface area contributed by atoms with Crippen LogP contribution >= 0.6 is 0 Å². The highest BCUT2D eigenvalue weighted by Gasteiger charge is 2.38. The van der Waals surface area contributed by atoms with Crippen molar-refractivity contribution >= 4 is 17.1 Å². The van der Waals surface area contributed by atoms with Crippen LogP contribution in [0, 0.1) is 0 Å². The molecule has 2 heterocycles. The normalized spacial score (nSPS) is 17.1. The Balaban J connectivity index is 2.23. The first-order valence-electron chi connectivity index (χ1n) is 5.85. The summed E-state index contributed by atoms with van der Waals surface area (Å²) in [6.45, 7) is 2.09. The molecule has 96 valence electrons. The number of nitrogens with one attached hydrogen (secondary N) is 2. The molecular formula is C11H15N5O2. The van der Waals surface area contributed by atoms with E-state index >= 15 is 0 Å². The van der Waals surface area contributed by atoms with Gasteiger partial charge in [0.15, 0.2) is 11.2 Å². The van der Waals surface area contributed by atoms with Gasteiger partial charge in [0.05, 0.1) is 0 Å². The third kappa shape index (κ3) is 1.47. The van der Waals surface area contributed by atoms with Crippen LogP contribution < -0.4 is 16.6 Å². The fraction of sp³-hybridized carbons (Fsp3) is 0.545. The number of anilines is 1. The van der Waals surface area contributed by atoms with Gasteiger partial charge in [0, 0.05) is 19.6 Å². The number of nitrogens with zero attached hydrogens (tertiary/aromatic N) is 3.